The minimum absolute atomic E-state index is 0.0000756. The van der Waals surface area contributed by atoms with E-state index >= 15 is 0 Å². The highest BCUT2D eigenvalue weighted by Crippen LogP contribution is 2.15. The Hall–Kier alpha value is -0.950. The minimum atomic E-state index is -3.36. The van der Waals surface area contributed by atoms with Crippen LogP contribution in [0.15, 0.2) is 30.3 Å². The molecular formula is C13H19NO4S. The molecule has 1 aliphatic rings. The van der Waals surface area contributed by atoms with E-state index in [0.29, 0.717) is 18.8 Å². The van der Waals surface area contributed by atoms with Crippen molar-refractivity contribution in [3.8, 4) is 0 Å². The van der Waals surface area contributed by atoms with E-state index in [-0.39, 0.29) is 18.2 Å². The largest absolute Gasteiger partial charge is 0.387 e. The lowest BCUT2D eigenvalue weighted by atomic mass is 10.1. The third kappa shape index (κ3) is 4.58. The zero-order chi connectivity index (χ0) is 13.7. The van der Waals surface area contributed by atoms with E-state index in [1.54, 1.807) is 12.1 Å². The topological polar surface area (TPSA) is 75.6 Å². The molecular weight excluding hydrogens is 266 g/mol. The smallest absolute Gasteiger partial charge is 0.212 e. The predicted octanol–water partition coefficient (Wildman–Crippen LogP) is 0.676. The first-order chi connectivity index (χ1) is 9.07. The van der Waals surface area contributed by atoms with Crippen molar-refractivity contribution in [1.29, 1.82) is 0 Å². The van der Waals surface area contributed by atoms with Crippen molar-refractivity contribution in [2.45, 2.75) is 12.5 Å². The quantitative estimate of drug-likeness (QED) is 0.806. The van der Waals surface area contributed by atoms with Crippen molar-refractivity contribution in [2.75, 3.05) is 25.5 Å². The number of aliphatic hydroxyl groups is 1. The number of hydrogen-bond donors (Lipinski definition) is 2. The molecule has 2 atom stereocenters. The molecule has 1 aliphatic heterocycles. The van der Waals surface area contributed by atoms with Crippen LogP contribution in [0.2, 0.25) is 0 Å². The first-order valence-corrected chi connectivity index (χ1v) is 8.00. The maximum Gasteiger partial charge on any atom is 0.212 e. The van der Waals surface area contributed by atoms with Crippen molar-refractivity contribution < 1.29 is 18.3 Å². The summed E-state index contributed by atoms with van der Waals surface area (Å²) in [6, 6.07) is 9.00. The van der Waals surface area contributed by atoms with Crippen molar-refractivity contribution in [2.24, 2.45) is 5.92 Å². The van der Waals surface area contributed by atoms with Gasteiger partial charge in [-0.15, -0.1) is 0 Å². The molecule has 0 unspecified atom stereocenters. The summed E-state index contributed by atoms with van der Waals surface area (Å²) in [7, 11) is -3.36. The van der Waals surface area contributed by atoms with Gasteiger partial charge in [0.05, 0.1) is 18.5 Å². The third-order valence-electron chi connectivity index (χ3n) is 3.16. The Morgan fingerprint density at radius 2 is 2.11 bits per heavy atom. The molecule has 1 fully saturated rings. The molecule has 0 aliphatic carbocycles. The number of sulfonamides is 1. The molecule has 1 saturated heterocycles. The van der Waals surface area contributed by atoms with E-state index in [9.17, 15) is 13.5 Å². The van der Waals surface area contributed by atoms with Crippen LogP contribution >= 0.6 is 0 Å². The van der Waals surface area contributed by atoms with Crippen LogP contribution in [0.1, 0.15) is 18.1 Å². The lowest BCUT2D eigenvalue weighted by molar-refractivity contribution is 0.181. The fourth-order valence-corrected chi connectivity index (χ4v) is 3.50. The molecule has 0 radical (unpaired) electrons. The van der Waals surface area contributed by atoms with Gasteiger partial charge in [0.1, 0.15) is 0 Å². The van der Waals surface area contributed by atoms with E-state index in [2.05, 4.69) is 4.72 Å². The maximum absolute atomic E-state index is 11.8. The first-order valence-electron chi connectivity index (χ1n) is 6.35. The number of rotatable bonds is 6. The summed E-state index contributed by atoms with van der Waals surface area (Å²) >= 11 is 0. The van der Waals surface area contributed by atoms with Crippen molar-refractivity contribution in [1.82, 2.24) is 4.72 Å². The van der Waals surface area contributed by atoms with E-state index in [4.69, 9.17) is 4.74 Å². The Balaban J connectivity index is 1.83. The molecule has 19 heavy (non-hydrogen) atoms. The zero-order valence-electron chi connectivity index (χ0n) is 10.7. The Kier molecular flexibility index (Phi) is 4.93. The molecule has 2 N–H and O–H groups in total. The Bertz CT molecular complexity index is 483. The molecule has 1 heterocycles. The summed E-state index contributed by atoms with van der Waals surface area (Å²) in [4.78, 5) is 0. The maximum atomic E-state index is 11.8. The van der Waals surface area contributed by atoms with Gasteiger partial charge < -0.3 is 9.84 Å². The number of nitrogens with one attached hydrogen (secondary N) is 1. The van der Waals surface area contributed by atoms with E-state index in [1.807, 2.05) is 18.2 Å². The van der Waals surface area contributed by atoms with Crippen LogP contribution in [0.4, 0.5) is 0 Å². The zero-order valence-corrected chi connectivity index (χ0v) is 11.5. The SMILES string of the molecule is O=S(=O)(C[C@@H]1CCOC1)NC[C@H](O)c1ccccc1. The highest BCUT2D eigenvalue weighted by atomic mass is 32.2. The second-order valence-corrected chi connectivity index (χ2v) is 6.64. The summed E-state index contributed by atoms with van der Waals surface area (Å²) in [5.74, 6) is 0.125. The average Bonchev–Trinajstić information content (AvgIpc) is 2.89. The lowest BCUT2D eigenvalue weighted by Crippen LogP contribution is -2.33. The second-order valence-electron chi connectivity index (χ2n) is 4.79. The average molecular weight is 285 g/mol. The normalized spacial score (nSPS) is 21.4. The van der Waals surface area contributed by atoms with Gasteiger partial charge >= 0.3 is 0 Å². The molecule has 0 amide bonds. The standard InChI is InChI=1S/C13H19NO4S/c15-13(12-4-2-1-3-5-12)8-14-19(16,17)10-11-6-7-18-9-11/h1-5,11,13-15H,6-10H2/t11-,13+/m1/s1. The summed E-state index contributed by atoms with van der Waals surface area (Å²) in [5.41, 5.74) is 0.703. The van der Waals surface area contributed by atoms with Gasteiger partial charge in [-0.1, -0.05) is 30.3 Å². The van der Waals surface area contributed by atoms with E-state index in [0.717, 1.165) is 6.42 Å². The molecule has 0 saturated carbocycles. The fraction of sp³-hybridized carbons (Fsp3) is 0.538. The van der Waals surface area contributed by atoms with E-state index < -0.39 is 16.1 Å². The monoisotopic (exact) mass is 285 g/mol. The van der Waals surface area contributed by atoms with Gasteiger partial charge in [-0.05, 0) is 17.9 Å². The lowest BCUT2D eigenvalue weighted by Gasteiger charge is -2.14. The molecule has 0 aromatic heterocycles. The van der Waals surface area contributed by atoms with Gasteiger partial charge in [0.15, 0.2) is 0 Å². The Morgan fingerprint density at radius 3 is 2.74 bits per heavy atom. The fourth-order valence-electron chi connectivity index (χ4n) is 2.08. The van der Waals surface area contributed by atoms with Gasteiger partial charge in [-0.2, -0.15) is 0 Å². The highest BCUT2D eigenvalue weighted by Gasteiger charge is 2.23. The molecule has 1 aromatic rings. The van der Waals surface area contributed by atoms with Crippen LogP contribution in [0.3, 0.4) is 0 Å². The number of hydrogen-bond acceptors (Lipinski definition) is 4. The summed E-state index contributed by atoms with van der Waals surface area (Å²) in [6.07, 6.45) is -0.0434. The molecule has 1 aromatic carbocycles. The predicted molar refractivity (Wildman–Crippen MR) is 72.1 cm³/mol. The van der Waals surface area contributed by atoms with Crippen molar-refractivity contribution >= 4 is 10.0 Å². The number of benzene rings is 1. The van der Waals surface area contributed by atoms with Crippen LogP contribution in [0.5, 0.6) is 0 Å². The Labute approximate surface area is 113 Å². The molecule has 2 rings (SSSR count). The highest BCUT2D eigenvalue weighted by molar-refractivity contribution is 7.89. The minimum Gasteiger partial charge on any atom is -0.387 e. The molecule has 106 valence electrons. The summed E-state index contributed by atoms with van der Waals surface area (Å²) < 4.78 is 31.3. The van der Waals surface area contributed by atoms with Gasteiger partial charge in [0.2, 0.25) is 10.0 Å². The summed E-state index contributed by atoms with van der Waals surface area (Å²) in [6.45, 7) is 1.13. The first kappa shape index (κ1) is 14.5. The molecule has 0 bridgehead atoms. The van der Waals surface area contributed by atoms with Crippen LogP contribution in [0, 0.1) is 5.92 Å². The third-order valence-corrected chi connectivity index (χ3v) is 4.68. The van der Waals surface area contributed by atoms with Crippen LogP contribution in [0.25, 0.3) is 0 Å². The van der Waals surface area contributed by atoms with Crippen LogP contribution in [-0.2, 0) is 14.8 Å². The molecule has 6 heteroatoms. The number of aliphatic hydroxyl groups excluding tert-OH is 1. The van der Waals surface area contributed by atoms with Gasteiger partial charge in [0, 0.05) is 13.2 Å². The van der Waals surface area contributed by atoms with Gasteiger partial charge in [0.25, 0.3) is 0 Å². The van der Waals surface area contributed by atoms with Gasteiger partial charge in [-0.3, -0.25) is 0 Å². The summed E-state index contributed by atoms with van der Waals surface area (Å²) in [5, 5.41) is 9.89. The Morgan fingerprint density at radius 1 is 1.37 bits per heavy atom. The van der Waals surface area contributed by atoms with Crippen molar-refractivity contribution in [3.63, 3.8) is 0 Å². The van der Waals surface area contributed by atoms with Gasteiger partial charge in [-0.25, -0.2) is 13.1 Å². The van der Waals surface area contributed by atoms with E-state index in [1.165, 1.54) is 0 Å². The van der Waals surface area contributed by atoms with Crippen molar-refractivity contribution in [3.05, 3.63) is 35.9 Å². The van der Waals surface area contributed by atoms with Crippen LogP contribution in [-0.4, -0.2) is 39.0 Å². The van der Waals surface area contributed by atoms with Crippen LogP contribution < -0.4 is 4.72 Å². The molecule has 0 spiro atoms. The molecule has 5 nitrogen and oxygen atoms in total. The second kappa shape index (κ2) is 6.47. The number of ether oxygens (including phenoxy) is 1.